The molecule has 0 saturated carbocycles. The van der Waals surface area contributed by atoms with E-state index >= 15 is 0 Å². The Morgan fingerprint density at radius 3 is 3.09 bits per heavy atom. The summed E-state index contributed by atoms with van der Waals surface area (Å²) >= 11 is 0. The molecule has 1 aromatic carbocycles. The first-order valence-corrected chi connectivity index (χ1v) is 8.29. The minimum atomic E-state index is -0.254. The molecule has 23 heavy (non-hydrogen) atoms. The molecule has 1 aliphatic rings. The normalized spacial score (nSPS) is 18.2. The summed E-state index contributed by atoms with van der Waals surface area (Å²) in [6.45, 7) is 2.78. The quantitative estimate of drug-likeness (QED) is 0.931. The Morgan fingerprint density at radius 1 is 1.43 bits per heavy atom. The van der Waals surface area contributed by atoms with E-state index in [1.807, 2.05) is 11.0 Å². The summed E-state index contributed by atoms with van der Waals surface area (Å²) < 4.78 is 13.6. The summed E-state index contributed by atoms with van der Waals surface area (Å²) in [7, 11) is 0. The van der Waals surface area contributed by atoms with Gasteiger partial charge in [0.25, 0.3) is 5.91 Å². The minimum absolute atomic E-state index is 0.00355. The highest BCUT2D eigenvalue weighted by Gasteiger charge is 2.30. The summed E-state index contributed by atoms with van der Waals surface area (Å²) in [4.78, 5) is 14.9. The van der Waals surface area contributed by atoms with Gasteiger partial charge in [0.05, 0.1) is 17.8 Å². The van der Waals surface area contributed by atoms with Gasteiger partial charge in [-0.25, -0.2) is 4.39 Å². The average Bonchev–Trinajstić information content (AvgIpc) is 3.03. The molecule has 4 nitrogen and oxygen atoms in total. The number of piperidine rings is 1. The van der Waals surface area contributed by atoms with Gasteiger partial charge in [-0.3, -0.25) is 9.89 Å². The number of hydrogen-bond donors (Lipinski definition) is 1. The fourth-order valence-corrected chi connectivity index (χ4v) is 3.33. The lowest BCUT2D eigenvalue weighted by Gasteiger charge is -2.36. The number of hydrogen-bond acceptors (Lipinski definition) is 2. The van der Waals surface area contributed by atoms with Crippen molar-refractivity contribution in [3.05, 3.63) is 53.1 Å². The number of benzene rings is 1. The zero-order valence-corrected chi connectivity index (χ0v) is 13.4. The number of amides is 1. The minimum Gasteiger partial charge on any atom is -0.332 e. The molecule has 0 radical (unpaired) electrons. The Labute approximate surface area is 135 Å². The monoisotopic (exact) mass is 315 g/mol. The molecule has 0 spiro atoms. The zero-order chi connectivity index (χ0) is 16.2. The molecule has 122 valence electrons. The number of likely N-dealkylation sites (tertiary alicyclic amines) is 1. The second kappa shape index (κ2) is 6.94. The maximum absolute atomic E-state index is 13.6. The number of H-pyrrole nitrogens is 1. The van der Waals surface area contributed by atoms with E-state index in [2.05, 4.69) is 17.1 Å². The number of aryl methyl sites for hydroxylation is 1. The average molecular weight is 315 g/mol. The van der Waals surface area contributed by atoms with E-state index in [0.29, 0.717) is 12.1 Å². The predicted molar refractivity (Wildman–Crippen MR) is 86.6 cm³/mol. The van der Waals surface area contributed by atoms with Crippen LogP contribution in [0.5, 0.6) is 0 Å². The van der Waals surface area contributed by atoms with Crippen molar-refractivity contribution in [1.29, 1.82) is 0 Å². The van der Waals surface area contributed by atoms with Crippen LogP contribution >= 0.6 is 0 Å². The van der Waals surface area contributed by atoms with Crippen LogP contribution in [0.15, 0.2) is 30.5 Å². The number of rotatable bonds is 4. The highest BCUT2D eigenvalue weighted by molar-refractivity contribution is 5.95. The maximum atomic E-state index is 13.6. The molecule has 2 aromatic rings. The standard InChI is InChI=1S/C18H22FN3O/c1-2-6-16-15(12-20-21-16)18(23)22-10-4-3-9-17(22)13-7-5-8-14(19)11-13/h5,7-8,11-12,17H,2-4,6,9-10H2,1H3,(H,20,21). The van der Waals surface area contributed by atoms with Crippen molar-refractivity contribution in [2.45, 2.75) is 45.1 Å². The van der Waals surface area contributed by atoms with E-state index in [-0.39, 0.29) is 17.8 Å². The molecule has 1 atom stereocenters. The molecule has 1 unspecified atom stereocenters. The molecular formula is C18H22FN3O. The van der Waals surface area contributed by atoms with Crippen LogP contribution in [0.2, 0.25) is 0 Å². The highest BCUT2D eigenvalue weighted by Crippen LogP contribution is 2.32. The van der Waals surface area contributed by atoms with Crippen molar-refractivity contribution in [2.24, 2.45) is 0 Å². The number of halogens is 1. The van der Waals surface area contributed by atoms with Gasteiger partial charge in [0, 0.05) is 12.2 Å². The molecule has 1 saturated heterocycles. The van der Waals surface area contributed by atoms with Crippen LogP contribution < -0.4 is 0 Å². The second-order valence-electron chi connectivity index (χ2n) is 6.08. The molecule has 5 heteroatoms. The SMILES string of the molecule is CCCc1[nH]ncc1C(=O)N1CCCCC1c1cccc(F)c1. The molecule has 1 fully saturated rings. The highest BCUT2D eigenvalue weighted by atomic mass is 19.1. The lowest BCUT2D eigenvalue weighted by atomic mass is 9.94. The molecule has 1 aliphatic heterocycles. The van der Waals surface area contributed by atoms with Gasteiger partial charge in [-0.05, 0) is 43.4 Å². The van der Waals surface area contributed by atoms with E-state index in [4.69, 9.17) is 0 Å². The van der Waals surface area contributed by atoms with E-state index in [1.165, 1.54) is 6.07 Å². The Balaban J connectivity index is 1.89. The van der Waals surface area contributed by atoms with Crippen LogP contribution in [0.1, 0.15) is 60.3 Å². The van der Waals surface area contributed by atoms with Gasteiger partial charge in [-0.15, -0.1) is 0 Å². The fraction of sp³-hybridized carbons (Fsp3) is 0.444. The van der Waals surface area contributed by atoms with Gasteiger partial charge in [0.2, 0.25) is 0 Å². The Morgan fingerprint density at radius 2 is 2.30 bits per heavy atom. The summed E-state index contributed by atoms with van der Waals surface area (Å²) in [6, 6.07) is 6.53. The van der Waals surface area contributed by atoms with Gasteiger partial charge in [0.15, 0.2) is 0 Å². The van der Waals surface area contributed by atoms with Gasteiger partial charge in [-0.2, -0.15) is 5.10 Å². The van der Waals surface area contributed by atoms with E-state index in [9.17, 15) is 9.18 Å². The van der Waals surface area contributed by atoms with E-state index in [1.54, 1.807) is 18.3 Å². The van der Waals surface area contributed by atoms with Crippen LogP contribution in [0.3, 0.4) is 0 Å². The third-order valence-electron chi connectivity index (χ3n) is 4.45. The van der Waals surface area contributed by atoms with Crippen LogP contribution in [-0.2, 0) is 6.42 Å². The Hall–Kier alpha value is -2.17. The van der Waals surface area contributed by atoms with Crippen molar-refractivity contribution >= 4 is 5.91 Å². The van der Waals surface area contributed by atoms with Crippen molar-refractivity contribution in [1.82, 2.24) is 15.1 Å². The van der Waals surface area contributed by atoms with Gasteiger partial charge >= 0.3 is 0 Å². The fourth-order valence-electron chi connectivity index (χ4n) is 3.33. The Bertz CT molecular complexity index is 682. The number of nitrogens with one attached hydrogen (secondary N) is 1. The molecule has 1 aromatic heterocycles. The summed E-state index contributed by atoms with van der Waals surface area (Å²) in [5, 5.41) is 6.97. The first kappa shape index (κ1) is 15.7. The van der Waals surface area contributed by atoms with Crippen molar-refractivity contribution in [3.8, 4) is 0 Å². The molecular weight excluding hydrogens is 293 g/mol. The van der Waals surface area contributed by atoms with Gasteiger partial charge in [0.1, 0.15) is 5.82 Å². The number of carbonyl (C=O) groups excluding carboxylic acids is 1. The number of nitrogens with zero attached hydrogens (tertiary/aromatic N) is 2. The van der Waals surface area contributed by atoms with Crippen LogP contribution in [0.4, 0.5) is 4.39 Å². The molecule has 1 N–H and O–H groups in total. The number of aromatic nitrogens is 2. The third kappa shape index (κ3) is 3.28. The smallest absolute Gasteiger partial charge is 0.257 e. The molecule has 0 bridgehead atoms. The summed E-state index contributed by atoms with van der Waals surface area (Å²) in [5.41, 5.74) is 2.41. The zero-order valence-electron chi connectivity index (χ0n) is 13.4. The number of carbonyl (C=O) groups is 1. The molecule has 2 heterocycles. The largest absolute Gasteiger partial charge is 0.332 e. The van der Waals surface area contributed by atoms with Gasteiger partial charge < -0.3 is 4.90 Å². The van der Waals surface area contributed by atoms with Crippen LogP contribution in [0.25, 0.3) is 0 Å². The predicted octanol–water partition coefficient (Wildman–Crippen LogP) is 3.87. The maximum Gasteiger partial charge on any atom is 0.257 e. The molecule has 1 amide bonds. The van der Waals surface area contributed by atoms with Crippen molar-refractivity contribution < 1.29 is 9.18 Å². The van der Waals surface area contributed by atoms with Gasteiger partial charge in [-0.1, -0.05) is 25.5 Å². The number of aromatic amines is 1. The molecule has 3 rings (SSSR count). The summed E-state index contributed by atoms with van der Waals surface area (Å²) in [5.74, 6) is -0.258. The lowest BCUT2D eigenvalue weighted by Crippen LogP contribution is -2.38. The summed E-state index contributed by atoms with van der Waals surface area (Å²) in [6.07, 6.45) is 6.28. The van der Waals surface area contributed by atoms with E-state index in [0.717, 1.165) is 43.4 Å². The van der Waals surface area contributed by atoms with E-state index < -0.39 is 0 Å². The van der Waals surface area contributed by atoms with Crippen LogP contribution in [0, 0.1) is 5.82 Å². The molecule has 0 aliphatic carbocycles. The second-order valence-corrected chi connectivity index (χ2v) is 6.08. The van der Waals surface area contributed by atoms with Crippen molar-refractivity contribution in [3.63, 3.8) is 0 Å². The van der Waals surface area contributed by atoms with Crippen LogP contribution in [-0.4, -0.2) is 27.5 Å². The van der Waals surface area contributed by atoms with Crippen molar-refractivity contribution in [2.75, 3.05) is 6.54 Å². The first-order valence-electron chi connectivity index (χ1n) is 8.29. The lowest BCUT2D eigenvalue weighted by molar-refractivity contribution is 0.0610. The Kier molecular flexibility index (Phi) is 4.74. The topological polar surface area (TPSA) is 49.0 Å². The third-order valence-corrected chi connectivity index (χ3v) is 4.45. The first-order chi connectivity index (χ1) is 11.2.